The van der Waals surface area contributed by atoms with E-state index in [1.807, 2.05) is 37.3 Å². The molecule has 0 saturated carbocycles. The van der Waals surface area contributed by atoms with Crippen molar-refractivity contribution < 1.29 is 8.81 Å². The van der Waals surface area contributed by atoms with Gasteiger partial charge < -0.3 is 15.1 Å². The molecule has 0 atom stereocenters. The van der Waals surface area contributed by atoms with Crippen LogP contribution in [0.3, 0.4) is 0 Å². The Morgan fingerprint density at radius 2 is 1.93 bits per heavy atom. The summed E-state index contributed by atoms with van der Waals surface area (Å²) >= 11 is 0. The maximum Gasteiger partial charge on any atom is 0.191 e. The van der Waals surface area contributed by atoms with Gasteiger partial charge in [-0.25, -0.2) is 4.39 Å². The van der Waals surface area contributed by atoms with Crippen LogP contribution in [0.2, 0.25) is 0 Å². The van der Waals surface area contributed by atoms with Crippen LogP contribution in [0.15, 0.2) is 51.9 Å². The molecule has 5 nitrogen and oxygen atoms in total. The molecule has 2 aromatic carbocycles. The standard InChI is InChI=1S/C20H19FN4O.HI/c1-13-16-5-3-4-6-18(16)26-19(13)12-25-20(23-2)24-11-15-8-7-14(10-22)9-17(15)21;/h3-9H,11-12H2,1-2H3,(H2,23,24,25);1H. The lowest BCUT2D eigenvalue weighted by atomic mass is 10.1. The van der Waals surface area contributed by atoms with E-state index in [0.29, 0.717) is 23.6 Å². The molecule has 3 rings (SSSR count). The number of para-hydroxylation sites is 1. The van der Waals surface area contributed by atoms with Crippen molar-refractivity contribution in [3.63, 3.8) is 0 Å². The largest absolute Gasteiger partial charge is 0.459 e. The van der Waals surface area contributed by atoms with Gasteiger partial charge in [0.15, 0.2) is 5.96 Å². The third-order valence-electron chi connectivity index (χ3n) is 4.21. The Balaban J connectivity index is 0.00000261. The molecule has 3 aromatic rings. The molecule has 0 spiro atoms. The SMILES string of the molecule is CN=C(NCc1ccc(C#N)cc1F)NCc1oc2ccccc2c1C.I. The molecule has 0 aliphatic heterocycles. The van der Waals surface area contributed by atoms with E-state index in [2.05, 4.69) is 15.6 Å². The summed E-state index contributed by atoms with van der Waals surface area (Å²) in [6, 6.07) is 14.2. The summed E-state index contributed by atoms with van der Waals surface area (Å²) in [6.07, 6.45) is 0. The Kier molecular flexibility index (Phi) is 7.19. The molecule has 0 aliphatic carbocycles. The Labute approximate surface area is 174 Å². The van der Waals surface area contributed by atoms with Gasteiger partial charge in [0.05, 0.1) is 18.2 Å². The Morgan fingerprint density at radius 1 is 1.19 bits per heavy atom. The van der Waals surface area contributed by atoms with Crippen LogP contribution in [0.25, 0.3) is 11.0 Å². The number of guanidine groups is 1. The van der Waals surface area contributed by atoms with E-state index in [-0.39, 0.29) is 30.5 Å². The average Bonchev–Trinajstić information content (AvgIpc) is 2.99. The summed E-state index contributed by atoms with van der Waals surface area (Å²) in [7, 11) is 1.65. The van der Waals surface area contributed by atoms with Crippen molar-refractivity contribution in [2.75, 3.05) is 7.05 Å². The molecule has 7 heteroatoms. The molecular weight excluding hydrogens is 458 g/mol. The number of aryl methyl sites for hydroxylation is 1. The first-order valence-corrected chi connectivity index (χ1v) is 8.22. The van der Waals surface area contributed by atoms with Gasteiger partial charge in [-0.1, -0.05) is 24.3 Å². The van der Waals surface area contributed by atoms with Gasteiger partial charge >= 0.3 is 0 Å². The Morgan fingerprint density at radius 3 is 2.59 bits per heavy atom. The van der Waals surface area contributed by atoms with E-state index in [1.54, 1.807) is 19.2 Å². The Hall–Kier alpha value is -2.60. The minimum absolute atomic E-state index is 0. The number of furan rings is 1. The van der Waals surface area contributed by atoms with Gasteiger partial charge in [0, 0.05) is 30.1 Å². The number of hydrogen-bond donors (Lipinski definition) is 2. The van der Waals surface area contributed by atoms with Crippen molar-refractivity contribution in [2.24, 2.45) is 4.99 Å². The molecular formula is C20H20FIN4O. The Bertz CT molecular complexity index is 1010. The van der Waals surface area contributed by atoms with Gasteiger partial charge in [-0.15, -0.1) is 24.0 Å². The number of rotatable bonds is 4. The minimum atomic E-state index is -0.417. The predicted octanol–water partition coefficient (Wildman–Crippen LogP) is 4.24. The summed E-state index contributed by atoms with van der Waals surface area (Å²) in [4.78, 5) is 4.14. The van der Waals surface area contributed by atoms with Crippen molar-refractivity contribution in [1.82, 2.24) is 10.6 Å². The van der Waals surface area contributed by atoms with Crippen molar-refractivity contribution in [3.8, 4) is 6.07 Å². The summed E-state index contributed by atoms with van der Waals surface area (Å²) in [5.74, 6) is 0.951. The molecule has 1 heterocycles. The number of nitriles is 1. The van der Waals surface area contributed by atoms with Gasteiger partial charge in [0.1, 0.15) is 17.2 Å². The molecule has 1 aromatic heterocycles. The monoisotopic (exact) mass is 478 g/mol. The molecule has 0 radical (unpaired) electrons. The third-order valence-corrected chi connectivity index (χ3v) is 4.21. The van der Waals surface area contributed by atoms with Gasteiger partial charge in [-0.3, -0.25) is 4.99 Å². The van der Waals surface area contributed by atoms with E-state index < -0.39 is 5.82 Å². The zero-order valence-electron chi connectivity index (χ0n) is 15.0. The van der Waals surface area contributed by atoms with E-state index >= 15 is 0 Å². The number of hydrogen-bond acceptors (Lipinski definition) is 3. The van der Waals surface area contributed by atoms with Gasteiger partial charge in [0.2, 0.25) is 0 Å². The third kappa shape index (κ3) is 4.77. The zero-order chi connectivity index (χ0) is 18.5. The van der Waals surface area contributed by atoms with E-state index in [1.165, 1.54) is 6.07 Å². The zero-order valence-corrected chi connectivity index (χ0v) is 17.4. The number of benzene rings is 2. The van der Waals surface area contributed by atoms with E-state index in [9.17, 15) is 4.39 Å². The molecule has 2 N–H and O–H groups in total. The molecule has 0 amide bonds. The lowest BCUT2D eigenvalue weighted by molar-refractivity contribution is 0.534. The molecule has 0 fully saturated rings. The lowest BCUT2D eigenvalue weighted by Gasteiger charge is -2.12. The van der Waals surface area contributed by atoms with Crippen LogP contribution in [0.1, 0.15) is 22.5 Å². The fourth-order valence-electron chi connectivity index (χ4n) is 2.72. The van der Waals surface area contributed by atoms with Crippen LogP contribution in [0, 0.1) is 24.1 Å². The second-order valence-electron chi connectivity index (χ2n) is 5.84. The highest BCUT2D eigenvalue weighted by molar-refractivity contribution is 14.0. The van der Waals surface area contributed by atoms with E-state index in [4.69, 9.17) is 9.68 Å². The lowest BCUT2D eigenvalue weighted by Crippen LogP contribution is -2.36. The van der Waals surface area contributed by atoms with Crippen LogP contribution in [-0.2, 0) is 13.1 Å². The predicted molar refractivity (Wildman–Crippen MR) is 115 cm³/mol. The van der Waals surface area contributed by atoms with Crippen molar-refractivity contribution in [3.05, 3.63) is 70.7 Å². The van der Waals surface area contributed by atoms with Crippen molar-refractivity contribution in [2.45, 2.75) is 20.0 Å². The summed E-state index contributed by atoms with van der Waals surface area (Å²) < 4.78 is 19.8. The normalized spacial score (nSPS) is 11.0. The smallest absolute Gasteiger partial charge is 0.191 e. The molecule has 140 valence electrons. The first-order valence-electron chi connectivity index (χ1n) is 8.22. The highest BCUT2D eigenvalue weighted by atomic mass is 127. The minimum Gasteiger partial charge on any atom is -0.459 e. The fraction of sp³-hybridized carbons (Fsp3) is 0.200. The molecule has 0 saturated heterocycles. The van der Waals surface area contributed by atoms with Crippen LogP contribution in [-0.4, -0.2) is 13.0 Å². The summed E-state index contributed by atoms with van der Waals surface area (Å²) in [6.45, 7) is 2.75. The first kappa shape index (κ1) is 20.7. The molecule has 0 unspecified atom stereocenters. The van der Waals surface area contributed by atoms with Crippen molar-refractivity contribution in [1.29, 1.82) is 5.26 Å². The van der Waals surface area contributed by atoms with Crippen LogP contribution >= 0.6 is 24.0 Å². The number of nitrogens with zero attached hydrogens (tertiary/aromatic N) is 2. The van der Waals surface area contributed by atoms with Crippen molar-refractivity contribution >= 4 is 40.9 Å². The van der Waals surface area contributed by atoms with E-state index in [0.717, 1.165) is 22.3 Å². The number of aliphatic imine (C=N–C) groups is 1. The van der Waals surface area contributed by atoms with Crippen LogP contribution in [0.5, 0.6) is 0 Å². The van der Waals surface area contributed by atoms with Gasteiger partial charge in [0.25, 0.3) is 0 Å². The van der Waals surface area contributed by atoms with Gasteiger partial charge in [-0.2, -0.15) is 5.26 Å². The number of fused-ring (bicyclic) bond motifs is 1. The topological polar surface area (TPSA) is 73.3 Å². The molecule has 0 aliphatic rings. The summed E-state index contributed by atoms with van der Waals surface area (Å²) in [5.41, 5.74) is 2.70. The number of halogens is 2. The average molecular weight is 478 g/mol. The molecule has 0 bridgehead atoms. The fourth-order valence-corrected chi connectivity index (χ4v) is 2.72. The maximum atomic E-state index is 13.9. The first-order chi connectivity index (χ1) is 12.6. The van der Waals surface area contributed by atoms with Crippen LogP contribution in [0.4, 0.5) is 4.39 Å². The maximum absolute atomic E-state index is 13.9. The summed E-state index contributed by atoms with van der Waals surface area (Å²) in [5, 5.41) is 16.1. The van der Waals surface area contributed by atoms with Crippen LogP contribution < -0.4 is 10.6 Å². The second-order valence-corrected chi connectivity index (χ2v) is 5.84. The molecule has 27 heavy (non-hydrogen) atoms. The highest BCUT2D eigenvalue weighted by Gasteiger charge is 2.10. The highest BCUT2D eigenvalue weighted by Crippen LogP contribution is 2.24. The second kappa shape index (κ2) is 9.37. The van der Waals surface area contributed by atoms with Gasteiger partial charge in [-0.05, 0) is 25.1 Å². The number of nitrogens with one attached hydrogen (secondary N) is 2. The quantitative estimate of drug-likeness (QED) is 0.335.